The number of hydrogen-bond donors (Lipinski definition) is 0. The molecule has 0 atom stereocenters. The molecule has 0 radical (unpaired) electrons. The van der Waals surface area contributed by atoms with Crippen LogP contribution in [0.15, 0.2) is 0 Å². The molecule has 1 rings (SSSR count). The molecule has 0 bridgehead atoms. The Balaban J connectivity index is 2.21. The fourth-order valence-electron chi connectivity index (χ4n) is 2.31. The van der Waals surface area contributed by atoms with E-state index in [2.05, 4.69) is 10.6 Å². The van der Waals surface area contributed by atoms with Gasteiger partial charge in [-0.05, 0) is 31.4 Å². The summed E-state index contributed by atoms with van der Waals surface area (Å²) in [6.07, 6.45) is 5.88. The molecule has 1 fully saturated rings. The van der Waals surface area contributed by atoms with Gasteiger partial charge in [-0.25, -0.2) is 0 Å². The predicted octanol–water partition coefficient (Wildman–Crippen LogP) is 2.48. The number of piperidine rings is 1. The Bertz CT molecular complexity index is 238. The van der Waals surface area contributed by atoms with Gasteiger partial charge in [0.2, 0.25) is 5.91 Å². The lowest BCUT2D eigenvalue weighted by Crippen LogP contribution is -2.34. The quantitative estimate of drug-likeness (QED) is 0.708. The number of nitrogens with zero attached hydrogens (tertiary/aromatic N) is 2. The van der Waals surface area contributed by atoms with E-state index in [0.29, 0.717) is 0 Å². The van der Waals surface area contributed by atoms with E-state index in [1.54, 1.807) is 0 Å². The van der Waals surface area contributed by atoms with Gasteiger partial charge in [0, 0.05) is 32.6 Å². The van der Waals surface area contributed by atoms with Gasteiger partial charge in [0.05, 0.1) is 0 Å². The molecule has 1 saturated heterocycles. The molecule has 0 aromatic carbocycles. The van der Waals surface area contributed by atoms with Gasteiger partial charge in [-0.1, -0.05) is 25.8 Å². The lowest BCUT2D eigenvalue weighted by atomic mass is 9.94. The van der Waals surface area contributed by atoms with Crippen molar-refractivity contribution in [3.05, 3.63) is 0 Å². The van der Waals surface area contributed by atoms with Crippen molar-refractivity contribution in [1.82, 2.24) is 9.21 Å². The third kappa shape index (κ3) is 4.88. The van der Waals surface area contributed by atoms with Crippen molar-refractivity contribution in [3.8, 4) is 0 Å². The molecule has 17 heavy (non-hydrogen) atoms. The number of amides is 1. The smallest absolute Gasteiger partial charge is 0.224 e. The van der Waals surface area contributed by atoms with E-state index in [4.69, 9.17) is 0 Å². The second-order valence-electron chi connectivity index (χ2n) is 5.26. The Morgan fingerprint density at radius 3 is 2.47 bits per heavy atom. The first-order valence-corrected chi connectivity index (χ1v) is 7.76. The molecule has 1 aliphatic heterocycles. The van der Waals surface area contributed by atoms with Crippen LogP contribution in [0, 0.1) is 11.8 Å². The Hall–Kier alpha value is -0.220. The summed E-state index contributed by atoms with van der Waals surface area (Å²) in [6, 6.07) is 0. The molecule has 3 nitrogen and oxygen atoms in total. The first kappa shape index (κ1) is 14.8. The van der Waals surface area contributed by atoms with Gasteiger partial charge in [-0.2, -0.15) is 0 Å². The fraction of sp³-hybridized carbons (Fsp3) is 0.923. The van der Waals surface area contributed by atoms with E-state index in [1.807, 2.05) is 37.7 Å². The van der Waals surface area contributed by atoms with Crippen LogP contribution in [0.3, 0.4) is 0 Å². The normalized spacial score (nSPS) is 18.6. The lowest BCUT2D eigenvalue weighted by molar-refractivity contribution is -0.133. The van der Waals surface area contributed by atoms with Crippen LogP contribution in [0.1, 0.15) is 33.1 Å². The molecule has 1 amide bonds. The highest BCUT2D eigenvalue weighted by Crippen LogP contribution is 2.23. The highest BCUT2D eigenvalue weighted by Gasteiger charge is 2.20. The molecule has 0 saturated carbocycles. The molecular weight excluding hydrogens is 232 g/mol. The van der Waals surface area contributed by atoms with Gasteiger partial charge in [0.1, 0.15) is 0 Å². The summed E-state index contributed by atoms with van der Waals surface area (Å²) in [5, 5.41) is 0. The summed E-state index contributed by atoms with van der Waals surface area (Å²) >= 11 is 1.85. The summed E-state index contributed by atoms with van der Waals surface area (Å²) in [6.45, 7) is 7.26. The maximum absolute atomic E-state index is 11.7. The molecule has 0 unspecified atom stereocenters. The van der Waals surface area contributed by atoms with E-state index >= 15 is 0 Å². The third-order valence-corrected chi connectivity index (χ3v) is 4.46. The van der Waals surface area contributed by atoms with Gasteiger partial charge in [-0.3, -0.25) is 9.10 Å². The molecule has 4 heteroatoms. The Morgan fingerprint density at radius 1 is 1.41 bits per heavy atom. The highest BCUT2D eigenvalue weighted by molar-refractivity contribution is 7.96. The third-order valence-electron chi connectivity index (χ3n) is 3.57. The second kappa shape index (κ2) is 7.27. The molecule has 100 valence electrons. The van der Waals surface area contributed by atoms with Crippen LogP contribution in [0.5, 0.6) is 0 Å². The lowest BCUT2D eigenvalue weighted by Gasteiger charge is -2.31. The van der Waals surface area contributed by atoms with E-state index < -0.39 is 0 Å². The summed E-state index contributed by atoms with van der Waals surface area (Å²) in [5.41, 5.74) is 0. The average molecular weight is 258 g/mol. The van der Waals surface area contributed by atoms with E-state index in [0.717, 1.165) is 18.9 Å². The number of hydrogen-bond acceptors (Lipinski definition) is 3. The molecule has 0 spiro atoms. The molecule has 1 heterocycles. The number of carbonyl (C=O) groups is 1. The van der Waals surface area contributed by atoms with Crippen LogP contribution < -0.4 is 0 Å². The largest absolute Gasteiger partial charge is 0.346 e. The van der Waals surface area contributed by atoms with Gasteiger partial charge in [-0.15, -0.1) is 0 Å². The Labute approximate surface area is 110 Å². The van der Waals surface area contributed by atoms with Gasteiger partial charge in [0.15, 0.2) is 0 Å². The van der Waals surface area contributed by atoms with Crippen LogP contribution in [0.2, 0.25) is 0 Å². The van der Waals surface area contributed by atoms with E-state index in [-0.39, 0.29) is 11.8 Å². The van der Waals surface area contributed by atoms with Gasteiger partial charge >= 0.3 is 0 Å². The molecule has 0 aliphatic carbocycles. The summed E-state index contributed by atoms with van der Waals surface area (Å²) < 4.78 is 2.43. The van der Waals surface area contributed by atoms with Crippen molar-refractivity contribution in [3.63, 3.8) is 0 Å². The average Bonchev–Trinajstić information content (AvgIpc) is 2.35. The number of rotatable bonds is 5. The van der Waals surface area contributed by atoms with Crippen LogP contribution in [0.4, 0.5) is 0 Å². The number of carbonyl (C=O) groups excluding carboxylic acids is 1. The maximum atomic E-state index is 11.7. The minimum atomic E-state index is 0.123. The topological polar surface area (TPSA) is 23.6 Å². The van der Waals surface area contributed by atoms with E-state index in [1.165, 1.54) is 25.9 Å². The molecular formula is C13H26N2OS. The van der Waals surface area contributed by atoms with Gasteiger partial charge < -0.3 is 4.90 Å². The summed E-state index contributed by atoms with van der Waals surface area (Å²) in [4.78, 5) is 13.6. The van der Waals surface area contributed by atoms with Crippen LogP contribution in [-0.2, 0) is 4.79 Å². The molecule has 0 aromatic heterocycles. The second-order valence-corrected chi connectivity index (χ2v) is 6.14. The first-order valence-electron chi connectivity index (χ1n) is 6.58. The van der Waals surface area contributed by atoms with Crippen molar-refractivity contribution < 1.29 is 4.79 Å². The molecule has 1 aliphatic rings. The van der Waals surface area contributed by atoms with Crippen molar-refractivity contribution in [2.45, 2.75) is 33.1 Å². The zero-order valence-electron chi connectivity index (χ0n) is 11.6. The van der Waals surface area contributed by atoms with Crippen molar-refractivity contribution in [2.24, 2.45) is 11.8 Å². The zero-order chi connectivity index (χ0) is 12.8. The van der Waals surface area contributed by atoms with Crippen LogP contribution in [0.25, 0.3) is 0 Å². The molecule has 0 N–H and O–H groups in total. The first-order chi connectivity index (χ1) is 8.04. The van der Waals surface area contributed by atoms with Crippen LogP contribution in [-0.4, -0.2) is 48.1 Å². The minimum absolute atomic E-state index is 0.123. The standard InChI is InChI=1S/C13H26N2OS/c1-11(2)13(16)14(3)8-5-12-6-9-15(17-4)10-7-12/h11-12H,5-10H2,1-4H3. The Morgan fingerprint density at radius 2 is 2.00 bits per heavy atom. The monoisotopic (exact) mass is 258 g/mol. The minimum Gasteiger partial charge on any atom is -0.346 e. The highest BCUT2D eigenvalue weighted by atomic mass is 32.2. The summed E-state index contributed by atoms with van der Waals surface area (Å²) in [5.74, 6) is 1.20. The van der Waals surface area contributed by atoms with Crippen molar-refractivity contribution in [2.75, 3.05) is 32.9 Å². The summed E-state index contributed by atoms with van der Waals surface area (Å²) in [7, 11) is 1.93. The van der Waals surface area contributed by atoms with E-state index in [9.17, 15) is 4.79 Å². The van der Waals surface area contributed by atoms with Crippen molar-refractivity contribution >= 4 is 17.9 Å². The van der Waals surface area contributed by atoms with Gasteiger partial charge in [0.25, 0.3) is 0 Å². The maximum Gasteiger partial charge on any atom is 0.224 e. The predicted molar refractivity (Wildman–Crippen MR) is 74.9 cm³/mol. The zero-order valence-corrected chi connectivity index (χ0v) is 12.4. The fourth-order valence-corrected chi connectivity index (χ4v) is 2.88. The SMILES string of the molecule is CSN1CCC(CCN(C)C(=O)C(C)C)CC1. The Kier molecular flexibility index (Phi) is 6.34. The molecule has 0 aromatic rings. The van der Waals surface area contributed by atoms with Crippen molar-refractivity contribution in [1.29, 1.82) is 0 Å². The van der Waals surface area contributed by atoms with Crippen LogP contribution >= 0.6 is 11.9 Å².